The van der Waals surface area contributed by atoms with Crippen LogP contribution >= 0.6 is 11.3 Å². The van der Waals surface area contributed by atoms with Crippen LogP contribution in [-0.4, -0.2) is 33.2 Å². The highest BCUT2D eigenvalue weighted by atomic mass is 32.1. The molecule has 0 unspecified atom stereocenters. The first-order valence-electron chi connectivity index (χ1n) is 7.25. The van der Waals surface area contributed by atoms with Crippen LogP contribution in [0, 0.1) is 0 Å². The van der Waals surface area contributed by atoms with Gasteiger partial charge in [-0.1, -0.05) is 0 Å². The van der Waals surface area contributed by atoms with Gasteiger partial charge in [0.2, 0.25) is 5.91 Å². The molecule has 1 heterocycles. The van der Waals surface area contributed by atoms with Crippen LogP contribution in [0.3, 0.4) is 0 Å². The van der Waals surface area contributed by atoms with E-state index in [4.69, 9.17) is 9.47 Å². The van der Waals surface area contributed by atoms with Crippen LogP contribution in [0.1, 0.15) is 21.7 Å². The first kappa shape index (κ1) is 17.8. The van der Waals surface area contributed by atoms with Crippen molar-refractivity contribution in [3.63, 3.8) is 0 Å². The zero-order valence-corrected chi connectivity index (χ0v) is 14.6. The molecule has 0 saturated heterocycles. The zero-order chi connectivity index (χ0) is 17.5. The van der Waals surface area contributed by atoms with Crippen LogP contribution in [0.5, 0.6) is 11.5 Å². The highest BCUT2D eigenvalue weighted by Gasteiger charge is 2.11. The van der Waals surface area contributed by atoms with Gasteiger partial charge in [-0.2, -0.15) is 0 Å². The molecule has 0 aliphatic heterocycles. The number of carbonyl (C=O) groups is 2. The van der Waals surface area contributed by atoms with Gasteiger partial charge in [-0.05, 0) is 36.2 Å². The molecule has 0 fully saturated rings. The van der Waals surface area contributed by atoms with Gasteiger partial charge in [-0.3, -0.25) is 4.79 Å². The highest BCUT2D eigenvalue weighted by molar-refractivity contribution is 7.18. The van der Waals surface area contributed by atoms with Crippen LogP contribution in [0.15, 0.2) is 30.3 Å². The van der Waals surface area contributed by atoms with E-state index in [0.717, 1.165) is 5.56 Å². The van der Waals surface area contributed by atoms with Crippen molar-refractivity contribution in [2.45, 2.75) is 12.8 Å². The number of thiophene rings is 1. The zero-order valence-electron chi connectivity index (χ0n) is 13.8. The number of anilines is 1. The number of methoxy groups -OCH3 is 3. The minimum Gasteiger partial charge on any atom is -0.497 e. The average molecular weight is 349 g/mol. The Bertz CT molecular complexity index is 703. The Hall–Kier alpha value is -2.54. The molecule has 0 saturated carbocycles. The number of hydrogen-bond acceptors (Lipinski definition) is 6. The SMILES string of the molecule is COC(=O)c1ccc(NC(=O)CCc2cc(OC)cc(OC)c2)s1. The van der Waals surface area contributed by atoms with Crippen molar-refractivity contribution >= 4 is 28.2 Å². The van der Waals surface area contributed by atoms with Crippen LogP contribution in [0.4, 0.5) is 5.00 Å². The third kappa shape index (κ3) is 4.73. The monoisotopic (exact) mass is 349 g/mol. The molecular weight excluding hydrogens is 330 g/mol. The fraction of sp³-hybridized carbons (Fsp3) is 0.294. The number of esters is 1. The topological polar surface area (TPSA) is 73.9 Å². The second-order valence-electron chi connectivity index (χ2n) is 4.92. The average Bonchev–Trinajstić information content (AvgIpc) is 3.07. The van der Waals surface area contributed by atoms with E-state index in [9.17, 15) is 9.59 Å². The summed E-state index contributed by atoms with van der Waals surface area (Å²) in [6, 6.07) is 8.83. The van der Waals surface area contributed by atoms with Gasteiger partial charge in [-0.25, -0.2) is 4.79 Å². The molecule has 0 spiro atoms. The molecule has 1 aromatic carbocycles. The standard InChI is InChI=1S/C17H19NO5S/c1-21-12-8-11(9-13(10-12)22-2)4-6-15(19)18-16-7-5-14(24-16)17(20)23-3/h5,7-10H,4,6H2,1-3H3,(H,18,19). The second kappa shape index (κ2) is 8.35. The first-order valence-corrected chi connectivity index (χ1v) is 8.07. The van der Waals surface area contributed by atoms with Gasteiger partial charge in [0.15, 0.2) is 0 Å². The molecule has 6 nitrogen and oxygen atoms in total. The summed E-state index contributed by atoms with van der Waals surface area (Å²) >= 11 is 1.18. The number of benzene rings is 1. The Morgan fingerprint density at radius 1 is 1.04 bits per heavy atom. The quantitative estimate of drug-likeness (QED) is 0.778. The van der Waals surface area contributed by atoms with Gasteiger partial charge < -0.3 is 19.5 Å². The molecule has 1 amide bonds. The van der Waals surface area contributed by atoms with Crippen LogP contribution in [0.2, 0.25) is 0 Å². The Morgan fingerprint density at radius 3 is 2.29 bits per heavy atom. The molecule has 0 aliphatic rings. The Kier molecular flexibility index (Phi) is 6.20. The Morgan fingerprint density at radius 2 is 1.71 bits per heavy atom. The predicted molar refractivity (Wildman–Crippen MR) is 92.2 cm³/mol. The predicted octanol–water partition coefficient (Wildman–Crippen LogP) is 3.12. The maximum absolute atomic E-state index is 12.1. The first-order chi connectivity index (χ1) is 11.5. The Labute approximate surface area is 144 Å². The van der Waals surface area contributed by atoms with Crippen molar-refractivity contribution in [3.05, 3.63) is 40.8 Å². The van der Waals surface area contributed by atoms with Crippen molar-refractivity contribution in [2.75, 3.05) is 26.6 Å². The van der Waals surface area contributed by atoms with Gasteiger partial charge in [0.25, 0.3) is 0 Å². The molecule has 24 heavy (non-hydrogen) atoms. The lowest BCUT2D eigenvalue weighted by Gasteiger charge is -2.08. The van der Waals surface area contributed by atoms with E-state index < -0.39 is 5.97 Å². The number of carbonyl (C=O) groups excluding carboxylic acids is 2. The third-order valence-corrected chi connectivity index (χ3v) is 4.29. The summed E-state index contributed by atoms with van der Waals surface area (Å²) in [4.78, 5) is 23.9. The second-order valence-corrected chi connectivity index (χ2v) is 6.01. The van der Waals surface area contributed by atoms with Gasteiger partial charge in [0, 0.05) is 12.5 Å². The maximum atomic E-state index is 12.1. The van der Waals surface area contributed by atoms with Gasteiger partial charge in [-0.15, -0.1) is 11.3 Å². The minimum absolute atomic E-state index is 0.130. The smallest absolute Gasteiger partial charge is 0.348 e. The fourth-order valence-electron chi connectivity index (χ4n) is 2.08. The van der Waals surface area contributed by atoms with Crippen LogP contribution < -0.4 is 14.8 Å². The van der Waals surface area contributed by atoms with Gasteiger partial charge >= 0.3 is 5.97 Å². The summed E-state index contributed by atoms with van der Waals surface area (Å²) in [5.41, 5.74) is 0.947. The molecule has 0 radical (unpaired) electrons. The van der Waals surface area contributed by atoms with E-state index in [0.29, 0.717) is 34.2 Å². The largest absolute Gasteiger partial charge is 0.497 e. The lowest BCUT2D eigenvalue weighted by Crippen LogP contribution is -2.11. The number of amides is 1. The number of aryl methyl sites for hydroxylation is 1. The van der Waals surface area contributed by atoms with Crippen molar-refractivity contribution in [1.29, 1.82) is 0 Å². The third-order valence-electron chi connectivity index (χ3n) is 3.31. The molecule has 0 bridgehead atoms. The number of nitrogens with one attached hydrogen (secondary N) is 1. The Balaban J connectivity index is 1.93. The lowest BCUT2D eigenvalue weighted by molar-refractivity contribution is -0.116. The summed E-state index contributed by atoms with van der Waals surface area (Å²) in [5.74, 6) is 0.829. The van der Waals surface area contributed by atoms with Gasteiger partial charge in [0.1, 0.15) is 16.4 Å². The van der Waals surface area contributed by atoms with E-state index >= 15 is 0 Å². The van der Waals surface area contributed by atoms with E-state index in [2.05, 4.69) is 10.1 Å². The highest BCUT2D eigenvalue weighted by Crippen LogP contribution is 2.25. The van der Waals surface area contributed by atoms with E-state index in [1.54, 1.807) is 32.4 Å². The van der Waals surface area contributed by atoms with Crippen molar-refractivity contribution in [3.8, 4) is 11.5 Å². The summed E-state index contributed by atoms with van der Waals surface area (Å²) in [7, 11) is 4.49. The van der Waals surface area contributed by atoms with E-state index in [-0.39, 0.29) is 5.91 Å². The minimum atomic E-state index is -0.413. The van der Waals surface area contributed by atoms with E-state index in [1.165, 1.54) is 18.4 Å². The molecule has 0 atom stereocenters. The summed E-state index contributed by atoms with van der Waals surface area (Å²) in [5, 5.41) is 3.39. The summed E-state index contributed by atoms with van der Waals surface area (Å²) in [6.07, 6.45) is 0.858. The molecule has 1 N–H and O–H groups in total. The maximum Gasteiger partial charge on any atom is 0.348 e. The number of rotatable bonds is 7. The van der Waals surface area contributed by atoms with Crippen molar-refractivity contribution in [1.82, 2.24) is 0 Å². The molecule has 2 aromatic rings. The molecule has 1 aromatic heterocycles. The lowest BCUT2D eigenvalue weighted by atomic mass is 10.1. The molecule has 2 rings (SSSR count). The molecular formula is C17H19NO5S. The number of ether oxygens (including phenoxy) is 3. The van der Waals surface area contributed by atoms with Gasteiger partial charge in [0.05, 0.1) is 26.3 Å². The summed E-state index contributed by atoms with van der Waals surface area (Å²) < 4.78 is 15.1. The summed E-state index contributed by atoms with van der Waals surface area (Å²) in [6.45, 7) is 0. The normalized spacial score (nSPS) is 10.1. The van der Waals surface area contributed by atoms with E-state index in [1.807, 2.05) is 12.1 Å². The fourth-order valence-corrected chi connectivity index (χ4v) is 2.92. The van der Waals surface area contributed by atoms with Crippen LogP contribution in [0.25, 0.3) is 0 Å². The molecule has 0 aliphatic carbocycles. The molecule has 128 valence electrons. The molecule has 7 heteroatoms. The van der Waals surface area contributed by atoms with Crippen molar-refractivity contribution < 1.29 is 23.8 Å². The van der Waals surface area contributed by atoms with Crippen LogP contribution in [-0.2, 0) is 16.0 Å². The number of hydrogen-bond donors (Lipinski definition) is 1. The van der Waals surface area contributed by atoms with Crippen molar-refractivity contribution in [2.24, 2.45) is 0 Å².